The molecule has 2 aromatic rings. The molecule has 0 spiro atoms. The van der Waals surface area contributed by atoms with Gasteiger partial charge in [0.1, 0.15) is 0 Å². The molecule has 1 unspecified atom stereocenters. The average Bonchev–Trinajstić information content (AvgIpc) is 3.02. The summed E-state index contributed by atoms with van der Waals surface area (Å²) in [6.07, 6.45) is 2.05. The Bertz CT molecular complexity index is 672. The van der Waals surface area contributed by atoms with Crippen molar-refractivity contribution in [2.45, 2.75) is 13.0 Å². The second-order valence-corrected chi connectivity index (χ2v) is 6.28. The maximum absolute atomic E-state index is 12.4. The van der Waals surface area contributed by atoms with Gasteiger partial charge in [-0.1, -0.05) is 17.7 Å². The van der Waals surface area contributed by atoms with E-state index in [0.29, 0.717) is 12.1 Å². The molecule has 24 heavy (non-hydrogen) atoms. The molecule has 5 nitrogen and oxygen atoms in total. The molecular formula is C19H25N3O2. The summed E-state index contributed by atoms with van der Waals surface area (Å²) in [6, 6.07) is 12.0. The van der Waals surface area contributed by atoms with Crippen molar-refractivity contribution in [1.82, 2.24) is 14.8 Å². The first kappa shape index (κ1) is 16.7. The fourth-order valence-electron chi connectivity index (χ4n) is 3.13. The molecule has 5 heteroatoms. The number of hydrogen-bond donors (Lipinski definition) is 1. The maximum Gasteiger partial charge on any atom is 0.251 e. The number of nitrogens with one attached hydrogen (secondary N) is 1. The molecule has 1 amide bonds. The lowest BCUT2D eigenvalue weighted by atomic mass is 10.1. The number of hydrogen-bond acceptors (Lipinski definition) is 3. The number of carbonyl (C=O) groups is 1. The van der Waals surface area contributed by atoms with Gasteiger partial charge in [-0.25, -0.2) is 0 Å². The lowest BCUT2D eigenvalue weighted by Gasteiger charge is -2.35. The lowest BCUT2D eigenvalue weighted by Crippen LogP contribution is -2.44. The van der Waals surface area contributed by atoms with Crippen LogP contribution in [0.1, 0.15) is 27.7 Å². The van der Waals surface area contributed by atoms with Crippen LogP contribution in [0.4, 0.5) is 0 Å². The molecule has 0 aliphatic carbocycles. The molecule has 1 aromatic heterocycles. The average molecular weight is 327 g/mol. The van der Waals surface area contributed by atoms with E-state index in [1.54, 1.807) is 0 Å². The van der Waals surface area contributed by atoms with Crippen LogP contribution in [-0.4, -0.2) is 48.2 Å². The fraction of sp³-hybridized carbons (Fsp3) is 0.421. The largest absolute Gasteiger partial charge is 0.379 e. The summed E-state index contributed by atoms with van der Waals surface area (Å²) in [7, 11) is 2.05. The van der Waals surface area contributed by atoms with E-state index in [-0.39, 0.29) is 11.9 Å². The second kappa shape index (κ2) is 7.64. The van der Waals surface area contributed by atoms with Crippen LogP contribution in [0, 0.1) is 6.92 Å². The Hall–Kier alpha value is -2.11. The minimum absolute atomic E-state index is 0.0255. The smallest absolute Gasteiger partial charge is 0.251 e. The Morgan fingerprint density at radius 3 is 2.54 bits per heavy atom. The first-order valence-electron chi connectivity index (χ1n) is 8.43. The number of nitrogens with zero attached hydrogens (tertiary/aromatic N) is 2. The quantitative estimate of drug-likeness (QED) is 0.915. The second-order valence-electron chi connectivity index (χ2n) is 6.28. The van der Waals surface area contributed by atoms with Gasteiger partial charge in [-0.2, -0.15) is 0 Å². The summed E-state index contributed by atoms with van der Waals surface area (Å²) in [4.78, 5) is 14.8. The third-order valence-corrected chi connectivity index (χ3v) is 4.58. The molecule has 0 bridgehead atoms. The van der Waals surface area contributed by atoms with Crippen LogP contribution in [0.15, 0.2) is 42.6 Å². The predicted octanol–water partition coefficient (Wildman–Crippen LogP) is 2.14. The molecule has 1 aliphatic heterocycles. The summed E-state index contributed by atoms with van der Waals surface area (Å²) < 4.78 is 7.59. The standard InChI is InChI=1S/C19H25N3O2/c1-15-5-7-16(8-6-15)19(23)20-14-18(17-4-3-9-21(17)2)22-10-12-24-13-11-22/h3-9,18H,10-14H2,1-2H3,(H,20,23). The van der Waals surface area contributed by atoms with Crippen molar-refractivity contribution in [3.63, 3.8) is 0 Å². The third-order valence-electron chi connectivity index (χ3n) is 4.58. The lowest BCUT2D eigenvalue weighted by molar-refractivity contribution is 0.0148. The van der Waals surface area contributed by atoms with Gasteiger partial charge in [0.2, 0.25) is 0 Å². The topological polar surface area (TPSA) is 46.5 Å². The summed E-state index contributed by atoms with van der Waals surface area (Å²) in [5.41, 5.74) is 3.07. The van der Waals surface area contributed by atoms with Crippen LogP contribution in [0.25, 0.3) is 0 Å². The highest BCUT2D eigenvalue weighted by molar-refractivity contribution is 5.94. The molecule has 1 saturated heterocycles. The Morgan fingerprint density at radius 2 is 1.92 bits per heavy atom. The number of rotatable bonds is 5. The predicted molar refractivity (Wildman–Crippen MR) is 94.1 cm³/mol. The highest BCUT2D eigenvalue weighted by Gasteiger charge is 2.25. The van der Waals surface area contributed by atoms with Crippen LogP contribution in [0.5, 0.6) is 0 Å². The Kier molecular flexibility index (Phi) is 5.33. The van der Waals surface area contributed by atoms with Crippen molar-refractivity contribution in [3.8, 4) is 0 Å². The Balaban J connectivity index is 1.70. The first-order valence-corrected chi connectivity index (χ1v) is 8.43. The summed E-state index contributed by atoms with van der Waals surface area (Å²) in [6.45, 7) is 5.86. The van der Waals surface area contributed by atoms with E-state index in [9.17, 15) is 4.79 Å². The van der Waals surface area contributed by atoms with Crippen molar-refractivity contribution in [2.75, 3.05) is 32.8 Å². The van der Waals surface area contributed by atoms with Gasteiger partial charge in [-0.3, -0.25) is 9.69 Å². The highest BCUT2D eigenvalue weighted by Crippen LogP contribution is 2.21. The van der Waals surface area contributed by atoms with Crippen molar-refractivity contribution in [3.05, 3.63) is 59.4 Å². The highest BCUT2D eigenvalue weighted by atomic mass is 16.5. The zero-order valence-electron chi connectivity index (χ0n) is 14.4. The fourth-order valence-corrected chi connectivity index (χ4v) is 3.13. The van der Waals surface area contributed by atoms with Gasteiger partial charge in [0.05, 0.1) is 19.3 Å². The number of ether oxygens (including phenoxy) is 1. The SMILES string of the molecule is Cc1ccc(C(=O)NCC(c2cccn2C)N2CCOCC2)cc1. The molecule has 128 valence electrons. The van der Waals surface area contributed by atoms with Gasteiger partial charge >= 0.3 is 0 Å². The van der Waals surface area contributed by atoms with Gasteiger partial charge in [-0.05, 0) is 31.2 Å². The van der Waals surface area contributed by atoms with Gasteiger partial charge in [0.15, 0.2) is 0 Å². The van der Waals surface area contributed by atoms with Crippen molar-refractivity contribution < 1.29 is 9.53 Å². The van der Waals surface area contributed by atoms with Gasteiger partial charge in [0, 0.05) is 44.1 Å². The monoisotopic (exact) mass is 327 g/mol. The number of carbonyl (C=O) groups excluding carboxylic acids is 1. The van der Waals surface area contributed by atoms with Crippen molar-refractivity contribution in [2.24, 2.45) is 7.05 Å². The number of benzene rings is 1. The number of aryl methyl sites for hydroxylation is 2. The van der Waals surface area contributed by atoms with Crippen LogP contribution in [0.2, 0.25) is 0 Å². The Morgan fingerprint density at radius 1 is 1.21 bits per heavy atom. The molecule has 3 rings (SSSR count). The third kappa shape index (κ3) is 3.86. The first-order chi connectivity index (χ1) is 11.6. The zero-order valence-corrected chi connectivity index (χ0v) is 14.4. The molecule has 1 N–H and O–H groups in total. The number of morpholine rings is 1. The van der Waals surface area contributed by atoms with E-state index >= 15 is 0 Å². The molecule has 2 heterocycles. The number of aromatic nitrogens is 1. The number of amides is 1. The van der Waals surface area contributed by atoms with Gasteiger partial charge < -0.3 is 14.6 Å². The molecule has 0 radical (unpaired) electrons. The molecule has 1 fully saturated rings. The Labute approximate surface area is 143 Å². The van der Waals surface area contributed by atoms with Crippen LogP contribution in [0.3, 0.4) is 0 Å². The molecule has 1 atom stereocenters. The van der Waals surface area contributed by atoms with Crippen molar-refractivity contribution >= 4 is 5.91 Å². The normalized spacial score (nSPS) is 16.8. The maximum atomic E-state index is 12.4. The minimum Gasteiger partial charge on any atom is -0.379 e. The summed E-state index contributed by atoms with van der Waals surface area (Å²) in [5, 5.41) is 3.10. The molecule has 0 saturated carbocycles. The van der Waals surface area contributed by atoms with E-state index in [4.69, 9.17) is 4.74 Å². The van der Waals surface area contributed by atoms with E-state index in [0.717, 1.165) is 31.9 Å². The molecule has 1 aliphatic rings. The van der Waals surface area contributed by atoms with E-state index in [1.807, 2.05) is 50.5 Å². The van der Waals surface area contributed by atoms with Crippen LogP contribution in [-0.2, 0) is 11.8 Å². The van der Waals surface area contributed by atoms with E-state index in [1.165, 1.54) is 5.69 Å². The molecule has 1 aromatic carbocycles. The molecular weight excluding hydrogens is 302 g/mol. The van der Waals surface area contributed by atoms with Gasteiger partial charge in [-0.15, -0.1) is 0 Å². The zero-order chi connectivity index (χ0) is 16.9. The van der Waals surface area contributed by atoms with Gasteiger partial charge in [0.25, 0.3) is 5.91 Å². The summed E-state index contributed by atoms with van der Waals surface area (Å²) >= 11 is 0. The minimum atomic E-state index is -0.0255. The summed E-state index contributed by atoms with van der Waals surface area (Å²) in [5.74, 6) is -0.0255. The van der Waals surface area contributed by atoms with E-state index in [2.05, 4.69) is 20.9 Å². The van der Waals surface area contributed by atoms with Crippen LogP contribution >= 0.6 is 0 Å². The van der Waals surface area contributed by atoms with E-state index < -0.39 is 0 Å². The van der Waals surface area contributed by atoms with Crippen molar-refractivity contribution in [1.29, 1.82) is 0 Å². The van der Waals surface area contributed by atoms with Crippen LogP contribution < -0.4 is 5.32 Å².